The Labute approximate surface area is 115 Å². The third kappa shape index (κ3) is 2.69. The van der Waals surface area contributed by atoms with Crippen LogP contribution in [-0.4, -0.2) is 35.0 Å². The molecule has 1 fully saturated rings. The van der Waals surface area contributed by atoms with Gasteiger partial charge in [-0.2, -0.15) is 0 Å². The Morgan fingerprint density at radius 2 is 1.95 bits per heavy atom. The molecule has 1 N–H and O–H groups in total. The Morgan fingerprint density at radius 1 is 1.25 bits per heavy atom. The van der Waals surface area contributed by atoms with E-state index in [2.05, 4.69) is 5.32 Å². The van der Waals surface area contributed by atoms with Crippen LogP contribution < -0.4 is 10.2 Å². The summed E-state index contributed by atoms with van der Waals surface area (Å²) in [6.45, 7) is 5.30. The number of nitrogens with zero attached hydrogens (tertiary/aromatic N) is 3. The van der Waals surface area contributed by atoms with Crippen molar-refractivity contribution in [3.8, 4) is 0 Å². The normalized spacial score (nSPS) is 22.6. The molecule has 0 bridgehead atoms. The van der Waals surface area contributed by atoms with Gasteiger partial charge in [-0.3, -0.25) is 20.2 Å². The largest absolute Gasteiger partial charge is 0.360 e. The second-order valence-corrected chi connectivity index (χ2v) is 5.00. The average molecular weight is 280 g/mol. The molecule has 1 aromatic rings. The zero-order chi connectivity index (χ0) is 14.9. The number of piperazine rings is 1. The van der Waals surface area contributed by atoms with E-state index in [1.165, 1.54) is 12.1 Å². The van der Waals surface area contributed by atoms with Gasteiger partial charge in [-0.15, -0.1) is 0 Å². The van der Waals surface area contributed by atoms with Gasteiger partial charge in [0.25, 0.3) is 11.4 Å². The van der Waals surface area contributed by atoms with Gasteiger partial charge in [-0.1, -0.05) is 0 Å². The number of nitro benzene ring substituents is 2. The Kier molecular flexibility index (Phi) is 3.84. The monoisotopic (exact) mass is 280 g/mol. The van der Waals surface area contributed by atoms with E-state index < -0.39 is 9.85 Å². The van der Waals surface area contributed by atoms with Crippen LogP contribution in [0, 0.1) is 20.2 Å². The van der Waals surface area contributed by atoms with E-state index in [9.17, 15) is 20.2 Å². The fraction of sp³-hybridized carbons (Fsp3) is 0.500. The molecule has 1 aromatic carbocycles. The maximum atomic E-state index is 11.2. The highest BCUT2D eigenvalue weighted by molar-refractivity contribution is 5.67. The van der Waals surface area contributed by atoms with Crippen molar-refractivity contribution in [3.63, 3.8) is 0 Å². The van der Waals surface area contributed by atoms with Gasteiger partial charge in [0.1, 0.15) is 5.69 Å². The van der Waals surface area contributed by atoms with Gasteiger partial charge < -0.3 is 10.2 Å². The SMILES string of the molecule is CC1CN(c2ccc([N+](=O)[O-])cc2[N+](=O)[O-])C(C)CN1. The fourth-order valence-corrected chi connectivity index (χ4v) is 2.37. The van der Waals surface area contributed by atoms with Crippen LogP contribution in [-0.2, 0) is 0 Å². The summed E-state index contributed by atoms with van der Waals surface area (Å²) < 4.78 is 0. The van der Waals surface area contributed by atoms with Crippen molar-refractivity contribution in [2.45, 2.75) is 25.9 Å². The van der Waals surface area contributed by atoms with Crippen LogP contribution >= 0.6 is 0 Å². The number of non-ortho nitro benzene ring substituents is 1. The van der Waals surface area contributed by atoms with Gasteiger partial charge >= 0.3 is 0 Å². The third-order valence-corrected chi connectivity index (χ3v) is 3.44. The van der Waals surface area contributed by atoms with Gasteiger partial charge in [0.15, 0.2) is 0 Å². The molecule has 2 unspecified atom stereocenters. The van der Waals surface area contributed by atoms with Crippen molar-refractivity contribution < 1.29 is 9.85 Å². The lowest BCUT2D eigenvalue weighted by Crippen LogP contribution is -2.54. The molecule has 20 heavy (non-hydrogen) atoms. The van der Waals surface area contributed by atoms with Crippen molar-refractivity contribution >= 4 is 17.1 Å². The second kappa shape index (κ2) is 5.41. The number of benzene rings is 1. The van der Waals surface area contributed by atoms with Gasteiger partial charge in [0.05, 0.1) is 15.9 Å². The molecule has 0 aliphatic carbocycles. The second-order valence-electron chi connectivity index (χ2n) is 5.00. The minimum Gasteiger partial charge on any atom is -0.360 e. The summed E-state index contributed by atoms with van der Waals surface area (Å²) >= 11 is 0. The molecule has 1 heterocycles. The number of hydrogen-bond donors (Lipinski definition) is 1. The Bertz CT molecular complexity index is 548. The number of anilines is 1. The van der Waals surface area contributed by atoms with Crippen molar-refractivity contribution in [2.24, 2.45) is 0 Å². The predicted octanol–water partition coefficient (Wildman–Crippen LogP) is 1.69. The summed E-state index contributed by atoms with van der Waals surface area (Å²) in [5.41, 5.74) is -0.0575. The van der Waals surface area contributed by atoms with Gasteiger partial charge in [-0.25, -0.2) is 0 Å². The topological polar surface area (TPSA) is 102 Å². The lowest BCUT2D eigenvalue weighted by molar-refractivity contribution is -0.393. The quantitative estimate of drug-likeness (QED) is 0.667. The lowest BCUT2D eigenvalue weighted by atomic mass is 10.1. The first-order valence-electron chi connectivity index (χ1n) is 6.33. The van der Waals surface area contributed by atoms with Crippen molar-refractivity contribution in [2.75, 3.05) is 18.0 Å². The van der Waals surface area contributed by atoms with E-state index in [0.717, 1.165) is 12.6 Å². The summed E-state index contributed by atoms with van der Waals surface area (Å²) in [5, 5.41) is 25.2. The first-order valence-corrected chi connectivity index (χ1v) is 6.33. The zero-order valence-corrected chi connectivity index (χ0v) is 11.3. The fourth-order valence-electron chi connectivity index (χ4n) is 2.37. The van der Waals surface area contributed by atoms with Crippen LogP contribution in [0.15, 0.2) is 18.2 Å². The highest BCUT2D eigenvalue weighted by Gasteiger charge is 2.29. The summed E-state index contributed by atoms with van der Waals surface area (Å²) in [6, 6.07) is 4.09. The molecule has 1 saturated heterocycles. The molecule has 0 saturated carbocycles. The van der Waals surface area contributed by atoms with E-state index >= 15 is 0 Å². The summed E-state index contributed by atoms with van der Waals surface area (Å²) in [5.74, 6) is 0. The summed E-state index contributed by atoms with van der Waals surface area (Å²) in [6.07, 6.45) is 0. The Morgan fingerprint density at radius 3 is 2.55 bits per heavy atom. The maximum absolute atomic E-state index is 11.2. The predicted molar refractivity (Wildman–Crippen MR) is 74.0 cm³/mol. The van der Waals surface area contributed by atoms with Crippen LogP contribution in [0.4, 0.5) is 17.1 Å². The Hall–Kier alpha value is -2.22. The molecule has 8 nitrogen and oxygen atoms in total. The van der Waals surface area contributed by atoms with E-state index in [1.807, 2.05) is 18.7 Å². The molecule has 1 aliphatic heterocycles. The maximum Gasteiger partial charge on any atom is 0.299 e. The van der Waals surface area contributed by atoms with E-state index in [1.54, 1.807) is 0 Å². The first kappa shape index (κ1) is 14.2. The number of nitrogens with one attached hydrogen (secondary N) is 1. The van der Waals surface area contributed by atoms with Crippen molar-refractivity contribution in [1.82, 2.24) is 5.32 Å². The molecule has 108 valence electrons. The van der Waals surface area contributed by atoms with Crippen LogP contribution in [0.3, 0.4) is 0 Å². The molecule has 0 spiro atoms. The molecule has 0 amide bonds. The van der Waals surface area contributed by atoms with Gasteiger partial charge in [-0.05, 0) is 19.9 Å². The molecular weight excluding hydrogens is 264 g/mol. The number of nitro groups is 2. The number of hydrogen-bond acceptors (Lipinski definition) is 6. The Balaban J connectivity index is 2.44. The number of rotatable bonds is 3. The van der Waals surface area contributed by atoms with Crippen LogP contribution in [0.5, 0.6) is 0 Å². The third-order valence-electron chi connectivity index (χ3n) is 3.44. The van der Waals surface area contributed by atoms with Crippen molar-refractivity contribution in [3.05, 3.63) is 38.4 Å². The average Bonchev–Trinajstić information content (AvgIpc) is 2.40. The smallest absolute Gasteiger partial charge is 0.299 e. The molecular formula is C12H16N4O4. The summed E-state index contributed by atoms with van der Waals surface area (Å²) in [4.78, 5) is 22.6. The minimum atomic E-state index is -0.624. The lowest BCUT2D eigenvalue weighted by Gasteiger charge is -2.38. The van der Waals surface area contributed by atoms with E-state index in [0.29, 0.717) is 12.2 Å². The van der Waals surface area contributed by atoms with E-state index in [4.69, 9.17) is 0 Å². The van der Waals surface area contributed by atoms with Gasteiger partial charge in [0, 0.05) is 31.2 Å². The van der Waals surface area contributed by atoms with Crippen LogP contribution in [0.1, 0.15) is 13.8 Å². The van der Waals surface area contributed by atoms with Gasteiger partial charge in [0.2, 0.25) is 0 Å². The molecule has 0 radical (unpaired) electrons. The molecule has 2 atom stereocenters. The molecule has 8 heteroatoms. The standard InChI is InChI=1S/C12H16N4O4/c1-8-7-14(9(2)6-13-8)11-4-3-10(15(17)18)5-12(11)16(19)20/h3-5,8-9,13H,6-7H2,1-2H3. The highest BCUT2D eigenvalue weighted by atomic mass is 16.6. The minimum absolute atomic E-state index is 0.0892. The van der Waals surface area contributed by atoms with Crippen molar-refractivity contribution in [1.29, 1.82) is 0 Å². The molecule has 1 aliphatic rings. The molecule has 0 aromatic heterocycles. The van der Waals surface area contributed by atoms with Crippen LogP contribution in [0.2, 0.25) is 0 Å². The van der Waals surface area contributed by atoms with E-state index in [-0.39, 0.29) is 23.5 Å². The van der Waals surface area contributed by atoms with Crippen LogP contribution in [0.25, 0.3) is 0 Å². The summed E-state index contributed by atoms with van der Waals surface area (Å²) in [7, 11) is 0. The highest BCUT2D eigenvalue weighted by Crippen LogP contribution is 2.33. The first-order chi connectivity index (χ1) is 9.40. The molecule has 2 rings (SSSR count). The zero-order valence-electron chi connectivity index (χ0n) is 11.3.